The zero-order valence-corrected chi connectivity index (χ0v) is 57.0. The molecule has 24 nitrogen and oxygen atoms in total. The Bertz CT molecular complexity index is 4900. The molecule has 3 aliphatic carbocycles. The van der Waals surface area contributed by atoms with Gasteiger partial charge in [0, 0.05) is 112 Å². The number of rotatable bonds is 14. The lowest BCUT2D eigenvalue weighted by Gasteiger charge is -2.27. The molecule has 3 aromatic heterocycles. The first kappa shape index (κ1) is 73.6. The minimum absolute atomic E-state index is 0.00664. The summed E-state index contributed by atoms with van der Waals surface area (Å²) in [7, 11) is 0. The summed E-state index contributed by atoms with van der Waals surface area (Å²) in [6.45, 7) is 3.98. The number of nitrogens with zero attached hydrogens (tertiary/aromatic N) is 9. The van der Waals surface area contributed by atoms with Gasteiger partial charge in [0.25, 0.3) is 11.4 Å². The number of anilines is 2. The van der Waals surface area contributed by atoms with E-state index in [1.165, 1.54) is 48.0 Å². The fourth-order valence-electron chi connectivity index (χ4n) is 13.0. The smallest absolute Gasteiger partial charge is 0.341 e. The SMILES string of the molecule is N[C@@H]1CCCCN(c2c(F)cc3c(=O)c(C(=O)O)cn(C4CC4)c3c2Cl)C1.O=C(O)c1cn(C2CC2)c2c(Cl)c(F)c(F)cc2c1=O.O=C(O)c1cn(C2CC2)c2c(Cl)c(N3CCCC[C@@H](N=Cc4cccc([N+](=O)[O-])c4)C3)c(F)cc2c1=O.O=[N+]([O-])c1cccc(C=N[C@@H]2CCCCNC2)c1. The van der Waals surface area contributed by atoms with Crippen LogP contribution in [-0.4, -0.2) is 127 Å². The van der Waals surface area contributed by atoms with E-state index < -0.39 is 78.5 Å². The Morgan fingerprint density at radius 3 is 1.35 bits per heavy atom. The standard InChI is InChI=1S/C26H24ClFN4O5.C19H21ClFN3O3.C13H8ClF2NO3.C13H17N3O2/c27-22-23-19(25(33)20(26(34)35)14-31(23)17-7-8-17)11-21(28)24(22)30-9-2-1-5-16(13-30)29-12-15-4-3-6-18(10-15)32(36)37;20-15-16-12(18(25)13(19(26)27)9-24(16)11-4-5-11)7-14(21)17(15)23-6-2-1-3-10(22)8-23;14-9-10(16)8(15)3-6-11(9)17(5-1-2-5)4-7(12(6)18)13(19)20;17-16(18)13-6-3-4-11(8-13)9-15-12-5-1-2-7-14-10-12/h3-4,6,10-12,14,16-17H,1-2,5,7-9,13H2,(H,34,35);7,9-11H,1-6,8,22H2,(H,26,27);3-5H,1-2H2,(H,19,20);3-4,6,8-9,12,14H,1-2,5,7,10H2/t16-;10-;;12-/m11.1/s1. The molecule has 0 radical (unpaired) electrons. The van der Waals surface area contributed by atoms with Gasteiger partial charge in [-0.05, 0) is 119 Å². The third-order valence-electron chi connectivity index (χ3n) is 18.6. The highest BCUT2D eigenvalue weighted by Gasteiger charge is 2.35. The number of carbonyl (C=O) groups is 3. The lowest BCUT2D eigenvalue weighted by molar-refractivity contribution is -0.385. The van der Waals surface area contributed by atoms with E-state index in [0.29, 0.717) is 48.8 Å². The largest absolute Gasteiger partial charge is 0.477 e. The number of nitrogens with one attached hydrogen (secondary N) is 1. The second-order valence-electron chi connectivity index (χ2n) is 26.1. The second kappa shape index (κ2) is 31.7. The van der Waals surface area contributed by atoms with E-state index in [1.807, 2.05) is 15.9 Å². The highest BCUT2D eigenvalue weighted by atomic mass is 35.5. The molecular weight excluding hydrogens is 1400 g/mol. The van der Waals surface area contributed by atoms with Crippen LogP contribution in [0.5, 0.6) is 0 Å². The molecule has 5 aromatic carbocycles. The van der Waals surface area contributed by atoms with Crippen LogP contribution in [0.4, 0.5) is 40.3 Å². The first-order valence-corrected chi connectivity index (χ1v) is 34.5. The van der Waals surface area contributed by atoms with Gasteiger partial charge in [-0.1, -0.05) is 71.9 Å². The summed E-state index contributed by atoms with van der Waals surface area (Å²) in [5, 5.41) is 52.4. The summed E-state index contributed by atoms with van der Waals surface area (Å²) < 4.78 is 62.4. The molecule has 6 fully saturated rings. The van der Waals surface area contributed by atoms with Crippen LogP contribution in [0.1, 0.15) is 157 Å². The number of non-ortho nitro benzene ring substituents is 2. The van der Waals surface area contributed by atoms with Gasteiger partial charge in [0.05, 0.1) is 76.1 Å². The van der Waals surface area contributed by atoms with Crippen LogP contribution in [0.15, 0.2) is 110 Å². The first-order chi connectivity index (χ1) is 48.8. The van der Waals surface area contributed by atoms with E-state index >= 15 is 8.78 Å². The quantitative estimate of drug-likeness (QED) is 0.0222. The molecule has 102 heavy (non-hydrogen) atoms. The predicted molar refractivity (Wildman–Crippen MR) is 381 cm³/mol. The van der Waals surface area contributed by atoms with E-state index in [9.17, 15) is 68.0 Å². The lowest BCUT2D eigenvalue weighted by Crippen LogP contribution is -2.36. The number of aliphatic imine (C=N–C) groups is 2. The van der Waals surface area contributed by atoms with Gasteiger partial charge in [-0.25, -0.2) is 31.9 Å². The Kier molecular flexibility index (Phi) is 22.9. The number of nitrogens with two attached hydrogens (primary N) is 1. The molecule has 536 valence electrons. The zero-order chi connectivity index (χ0) is 73.0. The molecule has 3 atom stereocenters. The van der Waals surface area contributed by atoms with Gasteiger partial charge >= 0.3 is 17.9 Å². The molecule has 14 rings (SSSR count). The number of carboxylic acids is 3. The molecule has 3 saturated carbocycles. The number of fused-ring (bicyclic) bond motifs is 3. The fraction of sp³-hybridized carbons (Fsp3) is 0.380. The number of pyridine rings is 3. The average Bonchev–Trinajstić information content (AvgIpc) is 1.53. The van der Waals surface area contributed by atoms with E-state index in [2.05, 4.69) is 15.3 Å². The summed E-state index contributed by atoms with van der Waals surface area (Å²) >= 11 is 19.2. The summed E-state index contributed by atoms with van der Waals surface area (Å²) in [5.74, 6) is -7.92. The highest BCUT2D eigenvalue weighted by molar-refractivity contribution is 6.38. The molecule has 0 unspecified atom stereocenters. The number of nitro benzene ring substituents is 2. The van der Waals surface area contributed by atoms with Gasteiger partial charge in [-0.3, -0.25) is 44.6 Å². The number of halogens is 7. The van der Waals surface area contributed by atoms with Crippen molar-refractivity contribution < 1.29 is 57.1 Å². The van der Waals surface area contributed by atoms with Crippen molar-refractivity contribution in [3.8, 4) is 0 Å². The molecular formula is C71H70Cl3F4N11O13. The van der Waals surface area contributed by atoms with Crippen LogP contribution in [0, 0.1) is 43.5 Å². The Balaban J connectivity index is 0.000000142. The molecule has 0 bridgehead atoms. The normalized spacial score (nSPS) is 18.7. The number of carboxylic acid groups (broad SMARTS) is 3. The Hall–Kier alpha value is -9.61. The fourth-order valence-corrected chi connectivity index (χ4v) is 14.1. The van der Waals surface area contributed by atoms with Gasteiger partial charge in [0.1, 0.15) is 33.3 Å². The van der Waals surface area contributed by atoms with Crippen molar-refractivity contribution in [2.24, 2.45) is 15.7 Å². The molecule has 6 heterocycles. The van der Waals surface area contributed by atoms with E-state index in [-0.39, 0.29) is 101 Å². The van der Waals surface area contributed by atoms with E-state index in [0.717, 1.165) is 120 Å². The minimum atomic E-state index is -1.41. The van der Waals surface area contributed by atoms with Crippen LogP contribution in [0.3, 0.4) is 0 Å². The Morgan fingerprint density at radius 2 is 0.922 bits per heavy atom. The van der Waals surface area contributed by atoms with Gasteiger partial charge in [-0.15, -0.1) is 0 Å². The third-order valence-corrected chi connectivity index (χ3v) is 19.6. The van der Waals surface area contributed by atoms with E-state index in [4.69, 9.17) is 45.6 Å². The van der Waals surface area contributed by atoms with Crippen molar-refractivity contribution in [3.63, 3.8) is 0 Å². The average molecular weight is 1470 g/mol. The van der Waals surface area contributed by atoms with Crippen molar-refractivity contribution in [2.75, 3.05) is 49.1 Å². The molecule has 6 N–H and O–H groups in total. The summed E-state index contributed by atoms with van der Waals surface area (Å²) in [5.41, 5.74) is 5.19. The maximum atomic E-state index is 15.5. The Morgan fingerprint density at radius 1 is 0.529 bits per heavy atom. The van der Waals surface area contributed by atoms with Crippen molar-refractivity contribution in [3.05, 3.63) is 202 Å². The third kappa shape index (κ3) is 16.6. The molecule has 8 aromatic rings. The maximum Gasteiger partial charge on any atom is 0.341 e. The number of benzene rings is 5. The van der Waals surface area contributed by atoms with E-state index in [1.54, 1.807) is 45.8 Å². The van der Waals surface area contributed by atoms with Gasteiger partial charge < -0.3 is 49.9 Å². The van der Waals surface area contributed by atoms with Crippen LogP contribution >= 0.6 is 34.8 Å². The predicted octanol–water partition coefficient (Wildman–Crippen LogP) is 13.5. The zero-order valence-electron chi connectivity index (χ0n) is 54.7. The molecule has 6 aliphatic rings. The van der Waals surface area contributed by atoms with Crippen molar-refractivity contribution >= 4 is 121 Å². The van der Waals surface area contributed by atoms with Gasteiger partial charge in [-0.2, -0.15) is 0 Å². The molecule has 3 saturated heterocycles. The van der Waals surface area contributed by atoms with Crippen LogP contribution in [0.25, 0.3) is 32.7 Å². The number of nitro groups is 2. The van der Waals surface area contributed by atoms with Crippen molar-refractivity contribution in [1.82, 2.24) is 19.0 Å². The highest BCUT2D eigenvalue weighted by Crippen LogP contribution is 2.45. The monoisotopic (exact) mass is 1470 g/mol. The topological polar surface area (TPSA) is 333 Å². The molecule has 0 amide bonds. The summed E-state index contributed by atoms with van der Waals surface area (Å²) in [6.07, 6.45) is 20.6. The van der Waals surface area contributed by atoms with Gasteiger partial charge in [0.15, 0.2) is 11.6 Å². The number of hydrogen-bond acceptors (Lipinski definition) is 16. The summed E-state index contributed by atoms with van der Waals surface area (Å²) in [4.78, 5) is 105. The Labute approximate surface area is 593 Å². The summed E-state index contributed by atoms with van der Waals surface area (Å²) in [6, 6.07) is 15.7. The number of hydrogen-bond donors (Lipinski definition) is 5. The first-order valence-electron chi connectivity index (χ1n) is 33.4. The van der Waals surface area contributed by atoms with Crippen LogP contribution in [-0.2, 0) is 0 Å². The van der Waals surface area contributed by atoms with Crippen molar-refractivity contribution in [2.45, 2.75) is 133 Å². The molecule has 3 aliphatic heterocycles. The number of aromatic carboxylic acids is 3. The molecule has 31 heteroatoms. The van der Waals surface area contributed by atoms with Crippen molar-refractivity contribution in [1.29, 1.82) is 0 Å². The van der Waals surface area contributed by atoms with Gasteiger partial charge in [0.2, 0.25) is 16.3 Å². The minimum Gasteiger partial charge on any atom is -0.477 e. The molecule has 0 spiro atoms. The number of aromatic nitrogens is 3. The van der Waals surface area contributed by atoms with Crippen LogP contribution < -0.4 is 37.1 Å². The maximum absolute atomic E-state index is 15.5. The second-order valence-corrected chi connectivity index (χ2v) is 27.2. The van der Waals surface area contributed by atoms with Crippen LogP contribution in [0.2, 0.25) is 15.1 Å². The lowest BCUT2D eigenvalue weighted by atomic mass is 10.1.